The molecule has 2 aromatic carbocycles. The summed E-state index contributed by atoms with van der Waals surface area (Å²) in [6.07, 6.45) is 3.39. The van der Waals surface area contributed by atoms with Gasteiger partial charge in [0.05, 0.1) is 35.6 Å². The molecule has 226 valence electrons. The number of nitrogens with zero attached hydrogens (tertiary/aromatic N) is 7. The number of nitriles is 1. The van der Waals surface area contributed by atoms with Crippen molar-refractivity contribution in [1.29, 1.82) is 5.26 Å². The van der Waals surface area contributed by atoms with Gasteiger partial charge in [-0.05, 0) is 54.8 Å². The van der Waals surface area contributed by atoms with E-state index in [1.807, 2.05) is 6.07 Å². The Kier molecular flexibility index (Phi) is 8.19. The van der Waals surface area contributed by atoms with Gasteiger partial charge in [0.1, 0.15) is 6.07 Å². The fourth-order valence-electron chi connectivity index (χ4n) is 5.42. The molecular formula is C32H25ClF2N8O2. The highest BCUT2D eigenvalue weighted by Crippen LogP contribution is 2.35. The van der Waals surface area contributed by atoms with Crippen molar-refractivity contribution in [1.82, 2.24) is 29.5 Å². The topological polar surface area (TPSA) is 131 Å². The van der Waals surface area contributed by atoms with Gasteiger partial charge < -0.3 is 5.32 Å². The van der Waals surface area contributed by atoms with E-state index in [-0.39, 0.29) is 28.4 Å². The standard InChI is InChI=1S/C32H25ClF2N8O2/c1-18-3-2-4-29(27-11-19(9-10-37-27)23-7-5-20(31(34)35)12-26(23)39-32(18)45)42-17-38-25(14-30(42)44)24-13-21(33)6-8-28(24)43-16-22(15-36)40-41-43/h5-14,16-18,29,31H,2-4H2,1H3,(H,39,45). The Bertz CT molecular complexity index is 2020. The maximum atomic E-state index is 13.7. The summed E-state index contributed by atoms with van der Waals surface area (Å²) in [5, 5.41) is 20.3. The van der Waals surface area contributed by atoms with E-state index in [9.17, 15) is 23.6 Å². The second kappa shape index (κ2) is 12.4. The number of benzene rings is 2. The predicted molar refractivity (Wildman–Crippen MR) is 163 cm³/mol. The van der Waals surface area contributed by atoms with Crippen molar-refractivity contribution < 1.29 is 13.6 Å². The molecule has 13 heteroatoms. The first-order chi connectivity index (χ1) is 21.7. The Morgan fingerprint density at radius 1 is 1.04 bits per heavy atom. The average Bonchev–Trinajstić information content (AvgIpc) is 3.52. The predicted octanol–water partition coefficient (Wildman–Crippen LogP) is 6.36. The Morgan fingerprint density at radius 2 is 1.89 bits per heavy atom. The van der Waals surface area contributed by atoms with Crippen LogP contribution in [0.15, 0.2) is 78.1 Å². The first-order valence-corrected chi connectivity index (χ1v) is 14.5. The molecule has 1 aliphatic heterocycles. The van der Waals surface area contributed by atoms with E-state index in [2.05, 4.69) is 25.6 Å². The molecule has 0 spiro atoms. The van der Waals surface area contributed by atoms with Crippen molar-refractivity contribution in [3.05, 3.63) is 106 Å². The highest BCUT2D eigenvalue weighted by Gasteiger charge is 2.24. The van der Waals surface area contributed by atoms with Crippen LogP contribution in [0.3, 0.4) is 0 Å². The van der Waals surface area contributed by atoms with Crippen LogP contribution in [-0.4, -0.2) is 35.4 Å². The van der Waals surface area contributed by atoms with Crippen LogP contribution in [-0.2, 0) is 4.79 Å². The minimum Gasteiger partial charge on any atom is -0.325 e. The molecule has 45 heavy (non-hydrogen) atoms. The molecule has 3 aromatic heterocycles. The quantitative estimate of drug-likeness (QED) is 0.245. The van der Waals surface area contributed by atoms with Gasteiger partial charge in [0, 0.05) is 45.6 Å². The lowest BCUT2D eigenvalue weighted by Gasteiger charge is -2.23. The zero-order chi connectivity index (χ0) is 31.7. The number of carbonyl (C=O) groups excluding carboxylic acids is 1. The van der Waals surface area contributed by atoms with Crippen molar-refractivity contribution in [2.45, 2.75) is 38.7 Å². The Balaban J connectivity index is 1.43. The summed E-state index contributed by atoms with van der Waals surface area (Å²) in [7, 11) is 0. The Morgan fingerprint density at radius 3 is 2.64 bits per heavy atom. The maximum absolute atomic E-state index is 13.7. The fraction of sp³-hybridized carbons (Fsp3) is 0.219. The summed E-state index contributed by atoms with van der Waals surface area (Å²) in [6.45, 7) is 1.78. The van der Waals surface area contributed by atoms with Gasteiger partial charge >= 0.3 is 0 Å². The highest BCUT2D eigenvalue weighted by atomic mass is 35.5. The van der Waals surface area contributed by atoms with Crippen LogP contribution < -0.4 is 10.9 Å². The third-order valence-corrected chi connectivity index (χ3v) is 8.05. The monoisotopic (exact) mass is 626 g/mol. The molecule has 2 bridgehead atoms. The number of nitrogens with one attached hydrogen (secondary N) is 1. The van der Waals surface area contributed by atoms with Crippen LogP contribution in [0, 0.1) is 17.2 Å². The van der Waals surface area contributed by atoms with Gasteiger partial charge in [0.25, 0.3) is 12.0 Å². The van der Waals surface area contributed by atoms with Crippen molar-refractivity contribution >= 4 is 23.2 Å². The van der Waals surface area contributed by atoms with Gasteiger partial charge in [-0.25, -0.2) is 18.4 Å². The minimum atomic E-state index is -2.69. The maximum Gasteiger partial charge on any atom is 0.263 e. The zero-order valence-electron chi connectivity index (χ0n) is 23.9. The molecule has 1 amide bonds. The van der Waals surface area contributed by atoms with Crippen molar-refractivity contribution in [3.63, 3.8) is 0 Å². The van der Waals surface area contributed by atoms with E-state index in [1.165, 1.54) is 40.0 Å². The van der Waals surface area contributed by atoms with E-state index in [0.717, 1.165) is 0 Å². The molecule has 4 heterocycles. The smallest absolute Gasteiger partial charge is 0.263 e. The van der Waals surface area contributed by atoms with E-state index >= 15 is 0 Å². The van der Waals surface area contributed by atoms with Crippen molar-refractivity contribution in [3.8, 4) is 34.1 Å². The average molecular weight is 627 g/mol. The van der Waals surface area contributed by atoms with Gasteiger partial charge in [-0.2, -0.15) is 5.26 Å². The van der Waals surface area contributed by atoms with Gasteiger partial charge in [-0.3, -0.25) is 19.1 Å². The zero-order valence-corrected chi connectivity index (χ0v) is 24.6. The molecule has 0 saturated carbocycles. The molecule has 1 N–H and O–H groups in total. The van der Waals surface area contributed by atoms with E-state index in [0.29, 0.717) is 58.1 Å². The third kappa shape index (κ3) is 6.07. The first-order valence-electron chi connectivity index (χ1n) is 14.1. The number of amides is 1. The molecule has 6 rings (SSSR count). The molecule has 5 aromatic rings. The first kappa shape index (κ1) is 29.8. The second-order valence-electron chi connectivity index (χ2n) is 10.8. The SMILES string of the molecule is CC1CCCC(n2cnc(-c3cc(Cl)ccc3-n3cc(C#N)nn3)cc2=O)c2cc(ccn2)-c2ccc(C(F)F)cc2NC1=O. The summed E-state index contributed by atoms with van der Waals surface area (Å²) in [6, 6.07) is 15.5. The number of rotatable bonds is 4. The molecule has 0 fully saturated rings. The van der Waals surface area contributed by atoms with E-state index in [4.69, 9.17) is 11.6 Å². The molecule has 2 unspecified atom stereocenters. The molecule has 10 nitrogen and oxygen atoms in total. The normalized spacial score (nSPS) is 16.7. The number of aromatic nitrogens is 6. The van der Waals surface area contributed by atoms with E-state index in [1.54, 1.807) is 49.5 Å². The number of anilines is 1. The third-order valence-electron chi connectivity index (χ3n) is 7.81. The lowest BCUT2D eigenvalue weighted by Crippen LogP contribution is -2.27. The van der Waals surface area contributed by atoms with Gasteiger partial charge in [0.2, 0.25) is 5.91 Å². The van der Waals surface area contributed by atoms with Crippen LogP contribution in [0.25, 0.3) is 28.1 Å². The van der Waals surface area contributed by atoms with E-state index < -0.39 is 18.4 Å². The van der Waals surface area contributed by atoms with Crippen LogP contribution in [0.5, 0.6) is 0 Å². The number of carbonyl (C=O) groups is 1. The van der Waals surface area contributed by atoms with Crippen LogP contribution in [0.4, 0.5) is 14.5 Å². The summed E-state index contributed by atoms with van der Waals surface area (Å²) in [4.78, 5) is 36.0. The number of fused-ring (bicyclic) bond motifs is 4. The molecule has 2 atom stereocenters. The van der Waals surface area contributed by atoms with Gasteiger partial charge in [0.15, 0.2) is 5.69 Å². The Hall–Kier alpha value is -5.28. The number of hydrogen-bond acceptors (Lipinski definition) is 7. The summed E-state index contributed by atoms with van der Waals surface area (Å²) >= 11 is 6.30. The number of pyridine rings is 1. The van der Waals surface area contributed by atoms with Crippen molar-refractivity contribution in [2.24, 2.45) is 5.92 Å². The molecular weight excluding hydrogens is 602 g/mol. The minimum absolute atomic E-state index is 0.125. The molecule has 1 aliphatic rings. The lowest BCUT2D eigenvalue weighted by atomic mass is 9.95. The Labute approximate surface area is 261 Å². The van der Waals surface area contributed by atoms with Crippen LogP contribution in [0.2, 0.25) is 5.02 Å². The summed E-state index contributed by atoms with van der Waals surface area (Å²) in [5.41, 5.74) is 3.04. The number of hydrogen-bond donors (Lipinski definition) is 1. The lowest BCUT2D eigenvalue weighted by molar-refractivity contribution is -0.119. The van der Waals surface area contributed by atoms with Crippen molar-refractivity contribution in [2.75, 3.05) is 5.32 Å². The fourth-order valence-corrected chi connectivity index (χ4v) is 5.59. The van der Waals surface area contributed by atoms with Gasteiger partial charge in [-0.15, -0.1) is 5.10 Å². The van der Waals surface area contributed by atoms with Gasteiger partial charge in [-0.1, -0.05) is 42.3 Å². The summed E-state index contributed by atoms with van der Waals surface area (Å²) in [5.74, 6) is -0.680. The summed E-state index contributed by atoms with van der Waals surface area (Å²) < 4.78 is 30.0. The molecule has 0 radical (unpaired) electrons. The molecule has 0 saturated heterocycles. The second-order valence-corrected chi connectivity index (χ2v) is 11.2. The number of alkyl halides is 2. The highest BCUT2D eigenvalue weighted by molar-refractivity contribution is 6.31. The van der Waals surface area contributed by atoms with Crippen LogP contribution >= 0.6 is 11.6 Å². The number of halogens is 3. The largest absolute Gasteiger partial charge is 0.325 e. The van der Waals surface area contributed by atoms with Crippen LogP contribution in [0.1, 0.15) is 55.6 Å². The molecule has 0 aliphatic carbocycles.